The molecule has 0 saturated carbocycles. The van der Waals surface area contributed by atoms with E-state index < -0.39 is 0 Å². The second kappa shape index (κ2) is 6.13. The third kappa shape index (κ3) is 3.53. The topological polar surface area (TPSA) is 15.3 Å². The molecule has 1 aromatic rings. The molecular weight excluding hydrogens is 295 g/mol. The lowest BCUT2D eigenvalue weighted by molar-refractivity contribution is 0.174. The van der Waals surface area contributed by atoms with Crippen LogP contribution in [0.4, 0.5) is 4.39 Å². The van der Waals surface area contributed by atoms with Crippen LogP contribution in [0.3, 0.4) is 0 Å². The summed E-state index contributed by atoms with van der Waals surface area (Å²) in [4.78, 5) is 2.35. The molecule has 1 heterocycles. The summed E-state index contributed by atoms with van der Waals surface area (Å²) in [6.45, 7) is 5.09. The maximum absolute atomic E-state index is 13.7. The van der Waals surface area contributed by atoms with Crippen molar-refractivity contribution >= 4 is 15.9 Å². The van der Waals surface area contributed by atoms with Gasteiger partial charge in [0.15, 0.2) is 0 Å². The van der Waals surface area contributed by atoms with Crippen molar-refractivity contribution in [3.8, 4) is 0 Å². The summed E-state index contributed by atoms with van der Waals surface area (Å²) in [7, 11) is 2.15. The van der Waals surface area contributed by atoms with Gasteiger partial charge in [0, 0.05) is 29.2 Å². The molecule has 1 saturated heterocycles. The van der Waals surface area contributed by atoms with E-state index in [1.807, 2.05) is 12.1 Å². The predicted molar refractivity (Wildman–Crippen MR) is 76.0 cm³/mol. The second-order valence-electron chi connectivity index (χ2n) is 5.25. The van der Waals surface area contributed by atoms with Crippen molar-refractivity contribution in [1.82, 2.24) is 10.2 Å². The van der Waals surface area contributed by atoms with Gasteiger partial charge >= 0.3 is 0 Å². The van der Waals surface area contributed by atoms with E-state index in [4.69, 9.17) is 0 Å². The molecule has 0 aromatic heterocycles. The first kappa shape index (κ1) is 14.0. The van der Waals surface area contributed by atoms with E-state index in [1.54, 1.807) is 0 Å². The van der Waals surface area contributed by atoms with E-state index in [1.165, 1.54) is 6.07 Å². The SMILES string of the molecule is CC1CN(C)CCC1NCc1ccc(Br)cc1F. The molecular formula is C14H20BrFN2. The van der Waals surface area contributed by atoms with E-state index in [0.29, 0.717) is 18.5 Å². The fourth-order valence-corrected chi connectivity index (χ4v) is 2.90. The Balaban J connectivity index is 1.91. The Bertz CT molecular complexity index is 411. The molecule has 0 radical (unpaired) electrons. The van der Waals surface area contributed by atoms with Crippen LogP contribution in [0.25, 0.3) is 0 Å². The molecule has 0 spiro atoms. The average molecular weight is 315 g/mol. The summed E-state index contributed by atoms with van der Waals surface area (Å²) in [5, 5.41) is 3.49. The van der Waals surface area contributed by atoms with Gasteiger partial charge in [0.2, 0.25) is 0 Å². The van der Waals surface area contributed by atoms with Gasteiger partial charge in [0.25, 0.3) is 0 Å². The van der Waals surface area contributed by atoms with Crippen molar-refractivity contribution in [1.29, 1.82) is 0 Å². The highest BCUT2D eigenvalue weighted by Gasteiger charge is 2.23. The van der Waals surface area contributed by atoms with Crippen molar-refractivity contribution < 1.29 is 4.39 Å². The third-order valence-electron chi connectivity index (χ3n) is 3.68. The van der Waals surface area contributed by atoms with Crippen LogP contribution >= 0.6 is 15.9 Å². The lowest BCUT2D eigenvalue weighted by atomic mass is 9.94. The van der Waals surface area contributed by atoms with Crippen molar-refractivity contribution in [3.05, 3.63) is 34.1 Å². The van der Waals surface area contributed by atoms with Gasteiger partial charge in [-0.1, -0.05) is 28.9 Å². The largest absolute Gasteiger partial charge is 0.309 e. The summed E-state index contributed by atoms with van der Waals surface area (Å²) in [6.07, 6.45) is 1.13. The lowest BCUT2D eigenvalue weighted by Gasteiger charge is -2.35. The molecule has 0 aliphatic carbocycles. The summed E-state index contributed by atoms with van der Waals surface area (Å²) in [5.74, 6) is 0.472. The number of piperidine rings is 1. The van der Waals surface area contributed by atoms with Crippen LogP contribution in [0.5, 0.6) is 0 Å². The van der Waals surface area contributed by atoms with Crippen molar-refractivity contribution in [2.24, 2.45) is 5.92 Å². The molecule has 1 fully saturated rings. The first-order valence-electron chi connectivity index (χ1n) is 6.42. The van der Waals surface area contributed by atoms with Crippen LogP contribution in [-0.2, 0) is 6.54 Å². The number of hydrogen-bond acceptors (Lipinski definition) is 2. The average Bonchev–Trinajstić information content (AvgIpc) is 2.30. The predicted octanol–water partition coefficient (Wildman–Crippen LogP) is 3.02. The van der Waals surface area contributed by atoms with Crippen LogP contribution in [0.15, 0.2) is 22.7 Å². The van der Waals surface area contributed by atoms with Gasteiger partial charge in [-0.2, -0.15) is 0 Å². The molecule has 1 aromatic carbocycles. The van der Waals surface area contributed by atoms with Crippen LogP contribution in [-0.4, -0.2) is 31.1 Å². The van der Waals surface area contributed by atoms with Crippen LogP contribution in [0, 0.1) is 11.7 Å². The fraction of sp³-hybridized carbons (Fsp3) is 0.571. The van der Waals surface area contributed by atoms with Gasteiger partial charge < -0.3 is 10.2 Å². The van der Waals surface area contributed by atoms with Gasteiger partial charge in [0.1, 0.15) is 5.82 Å². The Labute approximate surface area is 117 Å². The summed E-state index contributed by atoms with van der Waals surface area (Å²) in [5.41, 5.74) is 0.740. The van der Waals surface area contributed by atoms with Crippen molar-refractivity contribution in [2.45, 2.75) is 25.9 Å². The second-order valence-corrected chi connectivity index (χ2v) is 6.17. The number of hydrogen-bond donors (Lipinski definition) is 1. The van der Waals surface area contributed by atoms with E-state index >= 15 is 0 Å². The van der Waals surface area contributed by atoms with E-state index in [-0.39, 0.29) is 5.82 Å². The molecule has 0 bridgehead atoms. The van der Waals surface area contributed by atoms with Crippen molar-refractivity contribution in [2.75, 3.05) is 20.1 Å². The Morgan fingerprint density at radius 2 is 2.28 bits per heavy atom. The monoisotopic (exact) mass is 314 g/mol. The third-order valence-corrected chi connectivity index (χ3v) is 4.17. The molecule has 2 nitrogen and oxygen atoms in total. The highest BCUT2D eigenvalue weighted by atomic mass is 79.9. The van der Waals surface area contributed by atoms with Gasteiger partial charge in [-0.05, 0) is 38.1 Å². The lowest BCUT2D eigenvalue weighted by Crippen LogP contribution is -2.46. The minimum Gasteiger partial charge on any atom is -0.309 e. The van der Waals surface area contributed by atoms with Crippen LogP contribution < -0.4 is 5.32 Å². The van der Waals surface area contributed by atoms with Gasteiger partial charge in [-0.15, -0.1) is 0 Å². The van der Waals surface area contributed by atoms with Crippen molar-refractivity contribution in [3.63, 3.8) is 0 Å². The Kier molecular flexibility index (Phi) is 4.76. The molecule has 2 atom stereocenters. The Morgan fingerprint density at radius 1 is 1.50 bits per heavy atom. The van der Waals surface area contributed by atoms with Crippen LogP contribution in [0.1, 0.15) is 18.9 Å². The standard InChI is InChI=1S/C14H20BrFN2/c1-10-9-18(2)6-5-14(10)17-8-11-3-4-12(15)7-13(11)16/h3-4,7,10,14,17H,5-6,8-9H2,1-2H3. The summed E-state index contributed by atoms with van der Waals surface area (Å²) in [6, 6.07) is 5.74. The summed E-state index contributed by atoms with van der Waals surface area (Å²) < 4.78 is 14.5. The van der Waals surface area contributed by atoms with Gasteiger partial charge in [-0.3, -0.25) is 0 Å². The number of halogens is 2. The van der Waals surface area contributed by atoms with Crippen LogP contribution in [0.2, 0.25) is 0 Å². The maximum Gasteiger partial charge on any atom is 0.128 e. The maximum atomic E-state index is 13.7. The van der Waals surface area contributed by atoms with Gasteiger partial charge in [-0.25, -0.2) is 4.39 Å². The molecule has 4 heteroatoms. The molecule has 2 unspecified atom stereocenters. The molecule has 1 N–H and O–H groups in total. The molecule has 0 amide bonds. The Morgan fingerprint density at radius 3 is 2.94 bits per heavy atom. The quantitative estimate of drug-likeness (QED) is 0.922. The highest BCUT2D eigenvalue weighted by molar-refractivity contribution is 9.10. The first-order chi connectivity index (χ1) is 8.56. The molecule has 2 rings (SSSR count). The first-order valence-corrected chi connectivity index (χ1v) is 7.21. The zero-order valence-electron chi connectivity index (χ0n) is 10.9. The molecule has 1 aliphatic heterocycles. The number of nitrogens with zero attached hydrogens (tertiary/aromatic N) is 1. The number of likely N-dealkylation sites (tertiary alicyclic amines) is 1. The molecule has 100 valence electrons. The van der Waals surface area contributed by atoms with Gasteiger partial charge in [0.05, 0.1) is 0 Å². The summed E-state index contributed by atoms with van der Waals surface area (Å²) >= 11 is 3.27. The number of rotatable bonds is 3. The van der Waals surface area contributed by atoms with E-state index in [2.05, 4.69) is 40.1 Å². The smallest absolute Gasteiger partial charge is 0.128 e. The molecule has 18 heavy (non-hydrogen) atoms. The zero-order valence-corrected chi connectivity index (χ0v) is 12.5. The Hall–Kier alpha value is -0.450. The minimum atomic E-state index is -0.141. The van der Waals surface area contributed by atoms with E-state index in [9.17, 15) is 4.39 Å². The zero-order chi connectivity index (χ0) is 13.1. The highest BCUT2D eigenvalue weighted by Crippen LogP contribution is 2.18. The number of nitrogens with one attached hydrogen (secondary N) is 1. The molecule has 1 aliphatic rings. The van der Waals surface area contributed by atoms with E-state index in [0.717, 1.165) is 29.5 Å². The number of benzene rings is 1. The fourth-order valence-electron chi connectivity index (χ4n) is 2.56. The minimum absolute atomic E-state index is 0.141. The normalized spacial score (nSPS) is 25.3.